The largest absolute Gasteiger partial charge is 0.365 e. The zero-order valence-corrected chi connectivity index (χ0v) is 9.40. The second-order valence-corrected chi connectivity index (χ2v) is 4.15. The van der Waals surface area contributed by atoms with Crippen LogP contribution in [0.1, 0.15) is 25.3 Å². The summed E-state index contributed by atoms with van der Waals surface area (Å²) in [6, 6.07) is 6.50. The number of aromatic nitrogens is 1. The van der Waals surface area contributed by atoms with Gasteiger partial charge in [-0.05, 0) is 38.4 Å². The monoisotopic (exact) mass is 216 g/mol. The number of nitriles is 1. The van der Waals surface area contributed by atoms with Crippen LogP contribution in [0.3, 0.4) is 0 Å². The number of pyridine rings is 1. The van der Waals surface area contributed by atoms with Crippen molar-refractivity contribution >= 4 is 5.82 Å². The third-order valence-corrected chi connectivity index (χ3v) is 3.01. The van der Waals surface area contributed by atoms with Gasteiger partial charge in [-0.1, -0.05) is 0 Å². The van der Waals surface area contributed by atoms with E-state index in [1.165, 1.54) is 0 Å². The van der Waals surface area contributed by atoms with Gasteiger partial charge >= 0.3 is 0 Å². The molecule has 1 aromatic heterocycles. The molecule has 2 N–H and O–H groups in total. The molecular formula is C12H16N4. The van der Waals surface area contributed by atoms with Gasteiger partial charge < -0.3 is 10.6 Å². The Balaban J connectivity index is 2.11. The maximum absolute atomic E-state index is 8.97. The van der Waals surface area contributed by atoms with Crippen molar-refractivity contribution in [2.24, 2.45) is 0 Å². The minimum absolute atomic E-state index is 0.357. The average Bonchev–Trinajstić information content (AvgIpc) is 2.33. The predicted molar refractivity (Wildman–Crippen MR) is 63.1 cm³/mol. The highest BCUT2D eigenvalue weighted by molar-refractivity contribution is 5.51. The van der Waals surface area contributed by atoms with Crippen molar-refractivity contribution < 1.29 is 0 Å². The van der Waals surface area contributed by atoms with Gasteiger partial charge in [0.05, 0.1) is 5.56 Å². The summed E-state index contributed by atoms with van der Waals surface area (Å²) >= 11 is 0. The molecule has 1 fully saturated rings. The number of nitrogens with zero attached hydrogens (tertiary/aromatic N) is 2. The second kappa shape index (κ2) is 4.95. The Labute approximate surface area is 95.7 Å². The zero-order valence-electron chi connectivity index (χ0n) is 9.40. The second-order valence-electron chi connectivity index (χ2n) is 4.15. The molecule has 1 saturated heterocycles. The highest BCUT2D eigenvalue weighted by Crippen LogP contribution is 2.16. The standard InChI is InChI=1S/C12H16N4/c1-9-11(5-3-6-14-9)16-12-10(8-13)4-2-7-15-12/h2,4,7,9,11,14H,3,5-6H2,1H3,(H,15,16). The maximum atomic E-state index is 8.97. The molecule has 2 rings (SSSR count). The van der Waals surface area contributed by atoms with Crippen LogP contribution in [-0.2, 0) is 0 Å². The molecule has 0 amide bonds. The van der Waals surface area contributed by atoms with E-state index in [1.54, 1.807) is 18.3 Å². The molecule has 1 aromatic rings. The molecule has 4 nitrogen and oxygen atoms in total. The van der Waals surface area contributed by atoms with E-state index >= 15 is 0 Å². The Hall–Kier alpha value is -1.60. The first-order chi connectivity index (χ1) is 7.81. The fraction of sp³-hybridized carbons (Fsp3) is 0.500. The van der Waals surface area contributed by atoms with Gasteiger partial charge in [0.15, 0.2) is 0 Å². The fourth-order valence-electron chi connectivity index (χ4n) is 2.03. The molecule has 2 atom stereocenters. The average molecular weight is 216 g/mol. The molecule has 4 heteroatoms. The van der Waals surface area contributed by atoms with Crippen molar-refractivity contribution in [2.75, 3.05) is 11.9 Å². The summed E-state index contributed by atoms with van der Waals surface area (Å²) in [6.45, 7) is 3.23. The molecule has 0 aliphatic carbocycles. The van der Waals surface area contributed by atoms with E-state index in [0.29, 0.717) is 23.5 Å². The molecule has 0 radical (unpaired) electrons. The highest BCUT2D eigenvalue weighted by Gasteiger charge is 2.21. The fourth-order valence-corrected chi connectivity index (χ4v) is 2.03. The van der Waals surface area contributed by atoms with Crippen molar-refractivity contribution in [1.29, 1.82) is 5.26 Å². The summed E-state index contributed by atoms with van der Waals surface area (Å²) in [5, 5.41) is 15.7. The topological polar surface area (TPSA) is 60.7 Å². The highest BCUT2D eigenvalue weighted by atomic mass is 15.1. The van der Waals surface area contributed by atoms with Gasteiger partial charge in [-0.25, -0.2) is 4.98 Å². The first kappa shape index (κ1) is 10.9. The van der Waals surface area contributed by atoms with Gasteiger partial charge in [0.2, 0.25) is 0 Å². The summed E-state index contributed by atoms with van der Waals surface area (Å²) in [6.07, 6.45) is 4.00. The molecule has 1 aliphatic heterocycles. The summed E-state index contributed by atoms with van der Waals surface area (Å²) in [7, 11) is 0. The van der Waals surface area contributed by atoms with Crippen molar-refractivity contribution in [2.45, 2.75) is 31.8 Å². The van der Waals surface area contributed by atoms with Crippen LogP contribution in [0.4, 0.5) is 5.82 Å². The van der Waals surface area contributed by atoms with Crippen LogP contribution in [0.5, 0.6) is 0 Å². The number of hydrogen-bond donors (Lipinski definition) is 2. The van der Waals surface area contributed by atoms with Gasteiger partial charge in [0.25, 0.3) is 0 Å². The van der Waals surface area contributed by atoms with Crippen LogP contribution < -0.4 is 10.6 Å². The summed E-state index contributed by atoms with van der Waals surface area (Å²) in [5.41, 5.74) is 0.611. The number of anilines is 1. The zero-order chi connectivity index (χ0) is 11.4. The number of piperidine rings is 1. The molecule has 0 spiro atoms. The van der Waals surface area contributed by atoms with Crippen molar-refractivity contribution in [3.8, 4) is 6.07 Å². The van der Waals surface area contributed by atoms with E-state index in [1.807, 2.05) is 0 Å². The van der Waals surface area contributed by atoms with Crippen LogP contribution >= 0.6 is 0 Å². The summed E-state index contributed by atoms with van der Waals surface area (Å²) in [4.78, 5) is 4.22. The molecular weight excluding hydrogens is 200 g/mol. The van der Waals surface area contributed by atoms with Crippen LogP contribution in [0.15, 0.2) is 18.3 Å². The molecule has 2 heterocycles. The van der Waals surface area contributed by atoms with E-state index in [0.717, 1.165) is 19.4 Å². The van der Waals surface area contributed by atoms with E-state index in [9.17, 15) is 0 Å². The van der Waals surface area contributed by atoms with Gasteiger partial charge in [0, 0.05) is 18.3 Å². The lowest BCUT2D eigenvalue weighted by molar-refractivity contribution is 0.388. The lowest BCUT2D eigenvalue weighted by atomic mass is 10.00. The lowest BCUT2D eigenvalue weighted by Crippen LogP contribution is -2.46. The van der Waals surface area contributed by atoms with E-state index in [2.05, 4.69) is 28.6 Å². The molecule has 0 bridgehead atoms. The van der Waals surface area contributed by atoms with Crippen LogP contribution in [0.25, 0.3) is 0 Å². The van der Waals surface area contributed by atoms with Gasteiger partial charge in [-0.15, -0.1) is 0 Å². The first-order valence-electron chi connectivity index (χ1n) is 5.66. The Morgan fingerprint density at radius 3 is 3.25 bits per heavy atom. The predicted octanol–water partition coefficient (Wildman–Crippen LogP) is 1.51. The molecule has 16 heavy (non-hydrogen) atoms. The maximum Gasteiger partial charge on any atom is 0.144 e. The molecule has 0 saturated carbocycles. The molecule has 0 aromatic carbocycles. The van der Waals surface area contributed by atoms with E-state index in [4.69, 9.17) is 5.26 Å². The Kier molecular flexibility index (Phi) is 3.37. The molecule has 2 unspecified atom stereocenters. The minimum Gasteiger partial charge on any atom is -0.365 e. The van der Waals surface area contributed by atoms with Crippen LogP contribution in [0.2, 0.25) is 0 Å². The van der Waals surface area contributed by atoms with Crippen molar-refractivity contribution in [3.05, 3.63) is 23.9 Å². The van der Waals surface area contributed by atoms with Gasteiger partial charge in [0.1, 0.15) is 11.9 Å². The van der Waals surface area contributed by atoms with Crippen molar-refractivity contribution in [3.63, 3.8) is 0 Å². The SMILES string of the molecule is CC1NCCCC1Nc1ncccc1C#N. The summed E-state index contributed by atoms with van der Waals surface area (Å²) in [5.74, 6) is 0.700. The third-order valence-electron chi connectivity index (χ3n) is 3.01. The van der Waals surface area contributed by atoms with E-state index < -0.39 is 0 Å². The summed E-state index contributed by atoms with van der Waals surface area (Å²) < 4.78 is 0. The van der Waals surface area contributed by atoms with Crippen LogP contribution in [-0.4, -0.2) is 23.6 Å². The number of nitrogens with one attached hydrogen (secondary N) is 2. The quantitative estimate of drug-likeness (QED) is 0.786. The Bertz CT molecular complexity index is 396. The van der Waals surface area contributed by atoms with Crippen LogP contribution in [0, 0.1) is 11.3 Å². The van der Waals surface area contributed by atoms with Gasteiger partial charge in [-0.2, -0.15) is 5.26 Å². The Morgan fingerprint density at radius 2 is 2.50 bits per heavy atom. The van der Waals surface area contributed by atoms with Crippen molar-refractivity contribution in [1.82, 2.24) is 10.3 Å². The third kappa shape index (κ3) is 2.31. The Morgan fingerprint density at radius 1 is 1.62 bits per heavy atom. The number of hydrogen-bond acceptors (Lipinski definition) is 4. The normalized spacial score (nSPS) is 24.8. The lowest BCUT2D eigenvalue weighted by Gasteiger charge is -2.31. The van der Waals surface area contributed by atoms with Gasteiger partial charge in [-0.3, -0.25) is 0 Å². The van der Waals surface area contributed by atoms with E-state index in [-0.39, 0.29) is 0 Å². The minimum atomic E-state index is 0.357. The molecule has 84 valence electrons. The molecule has 1 aliphatic rings. The first-order valence-corrected chi connectivity index (χ1v) is 5.66. The number of rotatable bonds is 2. The smallest absolute Gasteiger partial charge is 0.144 e.